The molecule has 84 valence electrons. The highest BCUT2D eigenvalue weighted by atomic mass is 32.2. The number of hydrogen-bond acceptors (Lipinski definition) is 3. The Bertz CT molecular complexity index is 263. The molecule has 1 atom stereocenters. The molecule has 0 aromatic heterocycles. The summed E-state index contributed by atoms with van der Waals surface area (Å²) in [4.78, 5) is 0. The van der Waals surface area contributed by atoms with E-state index < -0.39 is 15.9 Å². The summed E-state index contributed by atoms with van der Waals surface area (Å²) >= 11 is 0. The molecule has 0 aromatic rings. The lowest BCUT2D eigenvalue weighted by molar-refractivity contribution is 0.131. The molecule has 1 N–H and O–H groups in total. The van der Waals surface area contributed by atoms with E-state index in [1.807, 2.05) is 0 Å². The van der Waals surface area contributed by atoms with E-state index in [9.17, 15) is 13.5 Å². The first-order valence-electron chi connectivity index (χ1n) is 5.33. The van der Waals surface area contributed by atoms with Gasteiger partial charge in [-0.25, -0.2) is 8.42 Å². The lowest BCUT2D eigenvalue weighted by Crippen LogP contribution is -2.31. The first kappa shape index (κ1) is 12.0. The fourth-order valence-corrected chi connectivity index (χ4v) is 3.04. The standard InChI is InChI=1S/C10H20O3S/c1-8(2)14(12,13)7-10(11)9-5-3-4-6-9/h8-11H,3-7H2,1-2H3/t10-/m1/s1. The maximum absolute atomic E-state index is 11.5. The summed E-state index contributed by atoms with van der Waals surface area (Å²) in [6.45, 7) is 3.33. The van der Waals surface area contributed by atoms with Crippen molar-refractivity contribution in [1.29, 1.82) is 0 Å². The average Bonchev–Trinajstić information content (AvgIpc) is 2.54. The van der Waals surface area contributed by atoms with Crippen LogP contribution in [-0.4, -0.2) is 30.6 Å². The fourth-order valence-electron chi connectivity index (χ4n) is 1.91. The lowest BCUT2D eigenvalue weighted by Gasteiger charge is -2.18. The molecule has 1 saturated carbocycles. The van der Waals surface area contributed by atoms with Crippen LogP contribution in [0.5, 0.6) is 0 Å². The molecular formula is C10H20O3S. The van der Waals surface area contributed by atoms with Gasteiger partial charge in [0.1, 0.15) is 0 Å². The van der Waals surface area contributed by atoms with Gasteiger partial charge in [0.05, 0.1) is 17.1 Å². The number of rotatable bonds is 4. The zero-order valence-electron chi connectivity index (χ0n) is 8.94. The van der Waals surface area contributed by atoms with E-state index in [-0.39, 0.29) is 16.9 Å². The molecule has 0 aromatic carbocycles. The van der Waals surface area contributed by atoms with Crippen molar-refractivity contribution < 1.29 is 13.5 Å². The van der Waals surface area contributed by atoms with Crippen LogP contribution in [0, 0.1) is 5.92 Å². The molecule has 0 heterocycles. The van der Waals surface area contributed by atoms with E-state index in [4.69, 9.17) is 0 Å². The quantitative estimate of drug-likeness (QED) is 0.778. The van der Waals surface area contributed by atoms with Crippen molar-refractivity contribution in [2.75, 3.05) is 5.75 Å². The molecule has 4 heteroatoms. The first-order chi connectivity index (χ1) is 6.43. The van der Waals surface area contributed by atoms with Crippen LogP contribution < -0.4 is 0 Å². The Balaban J connectivity index is 2.51. The van der Waals surface area contributed by atoms with Crippen molar-refractivity contribution in [2.45, 2.75) is 50.9 Å². The molecule has 3 nitrogen and oxygen atoms in total. The Morgan fingerprint density at radius 3 is 2.21 bits per heavy atom. The van der Waals surface area contributed by atoms with Crippen molar-refractivity contribution >= 4 is 9.84 Å². The predicted molar refractivity (Wildman–Crippen MR) is 56.9 cm³/mol. The van der Waals surface area contributed by atoms with Gasteiger partial charge in [0.2, 0.25) is 0 Å². The first-order valence-corrected chi connectivity index (χ1v) is 7.04. The molecule has 0 unspecified atom stereocenters. The van der Waals surface area contributed by atoms with Crippen LogP contribution >= 0.6 is 0 Å². The highest BCUT2D eigenvalue weighted by Gasteiger charge is 2.28. The number of aliphatic hydroxyl groups excluding tert-OH is 1. The summed E-state index contributed by atoms with van der Waals surface area (Å²) in [5, 5.41) is 9.38. The van der Waals surface area contributed by atoms with Gasteiger partial charge in [-0.2, -0.15) is 0 Å². The van der Waals surface area contributed by atoms with E-state index >= 15 is 0 Å². The van der Waals surface area contributed by atoms with Crippen LogP contribution in [0.4, 0.5) is 0 Å². The van der Waals surface area contributed by atoms with Crippen LogP contribution in [0.2, 0.25) is 0 Å². The minimum absolute atomic E-state index is 0.0602. The minimum Gasteiger partial charge on any atom is -0.392 e. The van der Waals surface area contributed by atoms with Crippen LogP contribution in [0.3, 0.4) is 0 Å². The van der Waals surface area contributed by atoms with E-state index in [0.717, 1.165) is 25.7 Å². The zero-order valence-corrected chi connectivity index (χ0v) is 9.76. The van der Waals surface area contributed by atoms with E-state index in [1.54, 1.807) is 13.8 Å². The highest BCUT2D eigenvalue weighted by molar-refractivity contribution is 7.92. The van der Waals surface area contributed by atoms with Gasteiger partial charge in [-0.3, -0.25) is 0 Å². The van der Waals surface area contributed by atoms with E-state index in [2.05, 4.69) is 0 Å². The van der Waals surface area contributed by atoms with Crippen LogP contribution in [-0.2, 0) is 9.84 Å². The molecule has 0 radical (unpaired) electrons. The predicted octanol–water partition coefficient (Wildman–Crippen LogP) is 1.36. The molecule has 1 fully saturated rings. The highest BCUT2D eigenvalue weighted by Crippen LogP contribution is 2.28. The molecule has 1 aliphatic rings. The Kier molecular flexibility index (Phi) is 3.95. The molecular weight excluding hydrogens is 200 g/mol. The van der Waals surface area contributed by atoms with Crippen LogP contribution in [0.1, 0.15) is 39.5 Å². The number of hydrogen-bond donors (Lipinski definition) is 1. The van der Waals surface area contributed by atoms with Crippen LogP contribution in [0.15, 0.2) is 0 Å². The number of aliphatic hydroxyl groups is 1. The van der Waals surface area contributed by atoms with Gasteiger partial charge in [0.25, 0.3) is 0 Å². The lowest BCUT2D eigenvalue weighted by atomic mass is 10.0. The van der Waals surface area contributed by atoms with Gasteiger partial charge in [-0.1, -0.05) is 12.8 Å². The van der Waals surface area contributed by atoms with E-state index in [1.165, 1.54) is 0 Å². The Morgan fingerprint density at radius 2 is 1.79 bits per heavy atom. The third kappa shape index (κ3) is 2.95. The molecule has 0 spiro atoms. The number of sulfone groups is 1. The second-order valence-corrected chi connectivity index (χ2v) is 7.09. The van der Waals surface area contributed by atoms with Crippen molar-refractivity contribution in [3.8, 4) is 0 Å². The van der Waals surface area contributed by atoms with Gasteiger partial charge in [0, 0.05) is 0 Å². The molecule has 1 rings (SSSR count). The molecule has 0 aliphatic heterocycles. The van der Waals surface area contributed by atoms with Crippen molar-refractivity contribution in [3.05, 3.63) is 0 Å². The third-order valence-electron chi connectivity index (χ3n) is 3.07. The fraction of sp³-hybridized carbons (Fsp3) is 1.00. The summed E-state index contributed by atoms with van der Waals surface area (Å²) in [6.07, 6.45) is 3.57. The SMILES string of the molecule is CC(C)S(=O)(=O)C[C@@H](O)C1CCCC1. The Labute approximate surface area is 86.4 Å². The Hall–Kier alpha value is -0.0900. The second kappa shape index (κ2) is 4.62. The summed E-state index contributed by atoms with van der Waals surface area (Å²) in [6, 6.07) is 0. The average molecular weight is 220 g/mol. The summed E-state index contributed by atoms with van der Waals surface area (Å²) in [7, 11) is -3.08. The maximum atomic E-state index is 11.5. The molecule has 1 aliphatic carbocycles. The molecule has 14 heavy (non-hydrogen) atoms. The van der Waals surface area contributed by atoms with Gasteiger partial charge in [-0.05, 0) is 32.6 Å². The second-order valence-electron chi connectivity index (χ2n) is 4.49. The largest absolute Gasteiger partial charge is 0.392 e. The summed E-state index contributed by atoms with van der Waals surface area (Å²) in [5.41, 5.74) is 0. The minimum atomic E-state index is -3.08. The van der Waals surface area contributed by atoms with Gasteiger partial charge >= 0.3 is 0 Å². The summed E-state index contributed by atoms with van der Waals surface area (Å²) in [5.74, 6) is 0.151. The monoisotopic (exact) mass is 220 g/mol. The zero-order chi connectivity index (χ0) is 10.8. The van der Waals surface area contributed by atoms with Gasteiger partial charge in [-0.15, -0.1) is 0 Å². The van der Waals surface area contributed by atoms with E-state index in [0.29, 0.717) is 0 Å². The maximum Gasteiger partial charge on any atom is 0.155 e. The van der Waals surface area contributed by atoms with Gasteiger partial charge in [0.15, 0.2) is 9.84 Å². The third-order valence-corrected chi connectivity index (χ3v) is 5.31. The van der Waals surface area contributed by atoms with Crippen LogP contribution in [0.25, 0.3) is 0 Å². The molecule has 0 bridgehead atoms. The smallest absolute Gasteiger partial charge is 0.155 e. The topological polar surface area (TPSA) is 54.4 Å². The van der Waals surface area contributed by atoms with Crippen molar-refractivity contribution in [2.24, 2.45) is 5.92 Å². The summed E-state index contributed by atoms with van der Waals surface area (Å²) < 4.78 is 23.1. The van der Waals surface area contributed by atoms with Crippen molar-refractivity contribution in [3.63, 3.8) is 0 Å². The Morgan fingerprint density at radius 1 is 1.29 bits per heavy atom. The van der Waals surface area contributed by atoms with Gasteiger partial charge < -0.3 is 5.11 Å². The normalized spacial score (nSPS) is 21.7. The molecule has 0 amide bonds. The molecule has 0 saturated heterocycles. The van der Waals surface area contributed by atoms with Crippen molar-refractivity contribution in [1.82, 2.24) is 0 Å².